The molecule has 7 nitrogen and oxygen atoms in total. The number of benzene rings is 3. The minimum atomic E-state index is -4.01. The van der Waals surface area contributed by atoms with Crippen LogP contribution in [0.5, 0.6) is 5.75 Å². The molecule has 8 heteroatoms. The van der Waals surface area contributed by atoms with Crippen LogP contribution in [0.4, 0.5) is 0 Å². The molecule has 1 aliphatic rings. The molecule has 190 valence electrons. The van der Waals surface area contributed by atoms with E-state index >= 15 is 0 Å². The lowest BCUT2D eigenvalue weighted by molar-refractivity contribution is -0.136. The van der Waals surface area contributed by atoms with Crippen molar-refractivity contribution in [2.75, 3.05) is 0 Å². The van der Waals surface area contributed by atoms with Crippen molar-refractivity contribution in [3.8, 4) is 5.75 Å². The van der Waals surface area contributed by atoms with Crippen LogP contribution in [0.1, 0.15) is 34.2 Å². The molecule has 0 aliphatic heterocycles. The van der Waals surface area contributed by atoms with Gasteiger partial charge in [-0.25, -0.2) is 18.0 Å². The highest BCUT2D eigenvalue weighted by Gasteiger charge is 2.30. The van der Waals surface area contributed by atoms with Gasteiger partial charge in [0.15, 0.2) is 0 Å². The van der Waals surface area contributed by atoms with Crippen molar-refractivity contribution >= 4 is 27.0 Å². The summed E-state index contributed by atoms with van der Waals surface area (Å²) in [6, 6.07) is 17.8. The molecule has 0 unspecified atom stereocenters. The summed E-state index contributed by atoms with van der Waals surface area (Å²) in [6.07, 6.45) is 2.20. The summed E-state index contributed by atoms with van der Waals surface area (Å²) in [6.45, 7) is 3.68. The Balaban J connectivity index is 1.52. The van der Waals surface area contributed by atoms with Crippen LogP contribution in [0.2, 0.25) is 0 Å². The Morgan fingerprint density at radius 2 is 1.68 bits per heavy atom. The zero-order chi connectivity index (χ0) is 26.2. The summed E-state index contributed by atoms with van der Waals surface area (Å²) in [5, 5.41) is 0.589. The van der Waals surface area contributed by atoms with E-state index in [-0.39, 0.29) is 22.7 Å². The van der Waals surface area contributed by atoms with Gasteiger partial charge in [0.05, 0.1) is 10.3 Å². The fourth-order valence-electron chi connectivity index (χ4n) is 4.76. The maximum absolute atomic E-state index is 13.6. The van der Waals surface area contributed by atoms with Gasteiger partial charge in [-0.15, -0.1) is 0 Å². The normalized spacial score (nSPS) is 13.9. The molecular formula is C29H27NO6S. The van der Waals surface area contributed by atoms with Gasteiger partial charge in [0, 0.05) is 5.56 Å². The SMILES string of the molecule is Cc1ccc(S(=O)(=O)N[C@@H](Cc2ccccc2)C(=O)Oc2cc(C)cc3oc(=O)c4c(c23)CCC4)cc1. The third-order valence-electron chi connectivity index (χ3n) is 6.59. The molecule has 1 heterocycles. The number of fused-ring (bicyclic) bond motifs is 3. The van der Waals surface area contributed by atoms with Crippen molar-refractivity contribution < 1.29 is 22.4 Å². The van der Waals surface area contributed by atoms with Gasteiger partial charge in [-0.3, -0.25) is 0 Å². The highest BCUT2D eigenvalue weighted by Crippen LogP contribution is 2.35. The van der Waals surface area contributed by atoms with Crippen LogP contribution in [-0.2, 0) is 34.1 Å². The first-order valence-electron chi connectivity index (χ1n) is 12.1. The molecule has 37 heavy (non-hydrogen) atoms. The number of hydrogen-bond acceptors (Lipinski definition) is 6. The van der Waals surface area contributed by atoms with Crippen molar-refractivity contribution in [1.82, 2.24) is 4.72 Å². The molecule has 0 amide bonds. The van der Waals surface area contributed by atoms with Gasteiger partial charge in [0.1, 0.15) is 17.4 Å². The Morgan fingerprint density at radius 3 is 2.41 bits per heavy atom. The van der Waals surface area contributed by atoms with Crippen LogP contribution >= 0.6 is 0 Å². The maximum atomic E-state index is 13.6. The second kappa shape index (κ2) is 9.95. The summed E-state index contributed by atoms with van der Waals surface area (Å²) in [4.78, 5) is 26.1. The first kappa shape index (κ1) is 24.9. The second-order valence-electron chi connectivity index (χ2n) is 9.43. The largest absolute Gasteiger partial charge is 0.425 e. The van der Waals surface area contributed by atoms with E-state index in [0.717, 1.165) is 28.7 Å². The lowest BCUT2D eigenvalue weighted by Crippen LogP contribution is -2.44. The van der Waals surface area contributed by atoms with Gasteiger partial charge in [0.2, 0.25) is 10.0 Å². The highest BCUT2D eigenvalue weighted by atomic mass is 32.2. The van der Waals surface area contributed by atoms with Crippen LogP contribution in [0.3, 0.4) is 0 Å². The van der Waals surface area contributed by atoms with Crippen molar-refractivity contribution in [2.45, 2.75) is 50.5 Å². The molecule has 1 aliphatic carbocycles. The Hall–Kier alpha value is -3.75. The molecule has 0 radical (unpaired) electrons. The predicted octanol–water partition coefficient (Wildman–Crippen LogP) is 4.39. The average Bonchev–Trinajstić information content (AvgIpc) is 3.35. The molecule has 0 saturated carbocycles. The number of ether oxygens (including phenoxy) is 1. The lowest BCUT2D eigenvalue weighted by Gasteiger charge is -2.19. The summed E-state index contributed by atoms with van der Waals surface area (Å²) in [7, 11) is -4.01. The monoisotopic (exact) mass is 517 g/mol. The number of esters is 1. The molecule has 4 aromatic rings. The number of nitrogens with one attached hydrogen (secondary N) is 1. The molecule has 0 spiro atoms. The highest BCUT2D eigenvalue weighted by molar-refractivity contribution is 7.89. The van der Waals surface area contributed by atoms with Crippen LogP contribution in [0, 0.1) is 13.8 Å². The Morgan fingerprint density at radius 1 is 0.973 bits per heavy atom. The van der Waals surface area contributed by atoms with E-state index in [9.17, 15) is 18.0 Å². The van der Waals surface area contributed by atoms with E-state index in [1.54, 1.807) is 24.3 Å². The van der Waals surface area contributed by atoms with E-state index < -0.39 is 22.0 Å². The zero-order valence-electron chi connectivity index (χ0n) is 20.6. The number of sulfonamides is 1. The fourth-order valence-corrected chi connectivity index (χ4v) is 5.95. The Kier molecular flexibility index (Phi) is 6.70. The first-order valence-corrected chi connectivity index (χ1v) is 13.6. The summed E-state index contributed by atoms with van der Waals surface area (Å²) < 4.78 is 40.4. The summed E-state index contributed by atoms with van der Waals surface area (Å²) >= 11 is 0. The fraction of sp³-hybridized carbons (Fsp3) is 0.241. The van der Waals surface area contributed by atoms with E-state index in [1.165, 1.54) is 12.1 Å². The first-order chi connectivity index (χ1) is 17.7. The van der Waals surface area contributed by atoms with E-state index in [2.05, 4.69) is 4.72 Å². The molecule has 1 N–H and O–H groups in total. The third kappa shape index (κ3) is 5.21. The van der Waals surface area contributed by atoms with Gasteiger partial charge < -0.3 is 9.15 Å². The molecule has 0 fully saturated rings. The topological polar surface area (TPSA) is 103 Å². The molecule has 1 aromatic heterocycles. The van der Waals surface area contributed by atoms with Crippen molar-refractivity contribution in [1.29, 1.82) is 0 Å². The molecule has 5 rings (SSSR count). The van der Waals surface area contributed by atoms with E-state index in [1.807, 2.05) is 44.2 Å². The second-order valence-corrected chi connectivity index (χ2v) is 11.1. The van der Waals surface area contributed by atoms with E-state index in [0.29, 0.717) is 29.4 Å². The Bertz CT molecular complexity index is 1640. The lowest BCUT2D eigenvalue weighted by atomic mass is 10.0. The van der Waals surface area contributed by atoms with Crippen molar-refractivity contribution in [2.24, 2.45) is 0 Å². The zero-order valence-corrected chi connectivity index (χ0v) is 21.4. The average molecular weight is 518 g/mol. The maximum Gasteiger partial charge on any atom is 0.339 e. The number of aryl methyl sites for hydroxylation is 3. The van der Waals surface area contributed by atoms with Gasteiger partial charge in [-0.2, -0.15) is 4.72 Å². The molecule has 0 saturated heterocycles. The minimum absolute atomic E-state index is 0.0598. The van der Waals surface area contributed by atoms with Gasteiger partial charge in [0.25, 0.3) is 0 Å². The number of carbonyl (C=O) groups excluding carboxylic acids is 1. The predicted molar refractivity (Wildman–Crippen MR) is 140 cm³/mol. The number of hydrogen-bond donors (Lipinski definition) is 1. The number of carbonyl (C=O) groups is 1. The van der Waals surface area contributed by atoms with Crippen LogP contribution in [0.15, 0.2) is 80.8 Å². The summed E-state index contributed by atoms with van der Waals surface area (Å²) in [5.41, 5.74) is 3.87. The van der Waals surface area contributed by atoms with Crippen LogP contribution < -0.4 is 15.1 Å². The number of rotatable bonds is 7. The van der Waals surface area contributed by atoms with Crippen LogP contribution in [-0.4, -0.2) is 20.4 Å². The van der Waals surface area contributed by atoms with Gasteiger partial charge in [-0.05, 0) is 80.5 Å². The molecule has 3 aromatic carbocycles. The smallest absolute Gasteiger partial charge is 0.339 e. The van der Waals surface area contributed by atoms with Crippen molar-refractivity contribution in [3.05, 3.63) is 105 Å². The minimum Gasteiger partial charge on any atom is -0.425 e. The molecule has 0 bridgehead atoms. The molecular weight excluding hydrogens is 490 g/mol. The molecule has 1 atom stereocenters. The standard InChI is InChI=1S/C29H27NO6S/c1-18-11-13-21(14-12-18)37(33,34)30-24(17-20-7-4-3-5-8-20)29(32)36-26-16-19(2)15-25-27(26)22-9-6-10-23(22)28(31)35-25/h3-5,7-8,11-16,24,30H,6,9-10,17H2,1-2H3/t24-/m0/s1. The third-order valence-corrected chi connectivity index (χ3v) is 8.07. The van der Waals surface area contributed by atoms with Gasteiger partial charge in [-0.1, -0.05) is 48.0 Å². The summed E-state index contributed by atoms with van der Waals surface area (Å²) in [5.74, 6) is -0.487. The van der Waals surface area contributed by atoms with E-state index in [4.69, 9.17) is 9.15 Å². The van der Waals surface area contributed by atoms with Crippen LogP contribution in [0.25, 0.3) is 11.0 Å². The van der Waals surface area contributed by atoms with Gasteiger partial charge >= 0.3 is 11.6 Å². The Labute approximate surface area is 215 Å². The van der Waals surface area contributed by atoms with Crippen molar-refractivity contribution in [3.63, 3.8) is 0 Å². The quantitative estimate of drug-likeness (QED) is 0.222.